The first-order valence-corrected chi connectivity index (χ1v) is 7.20. The molecule has 0 atom stereocenters. The lowest BCUT2D eigenvalue weighted by Gasteiger charge is -2.16. The van der Waals surface area contributed by atoms with E-state index >= 15 is 0 Å². The molecule has 8 heteroatoms. The smallest absolute Gasteiger partial charge is 0.341 e. The standard InChI is InChI=1S/C16H14ClF2NO4/c1-8-10(16(22)23-3)4-9(24-8)7-20(2)15(21)11-5-13(18)14(19)6-12(11)17/h4-6H,7H2,1-3H3. The maximum absolute atomic E-state index is 13.3. The number of benzene rings is 1. The van der Waals surface area contributed by atoms with E-state index in [9.17, 15) is 18.4 Å². The molecule has 5 nitrogen and oxygen atoms in total. The van der Waals surface area contributed by atoms with Crippen LogP contribution in [0.4, 0.5) is 8.78 Å². The minimum atomic E-state index is -1.17. The molecular formula is C16H14ClF2NO4. The number of nitrogens with zero attached hydrogens (tertiary/aromatic N) is 1. The van der Waals surface area contributed by atoms with Crippen LogP contribution in [0.15, 0.2) is 22.6 Å². The Bertz CT molecular complexity index is 804. The van der Waals surface area contributed by atoms with Crippen LogP contribution in [0, 0.1) is 18.6 Å². The molecule has 0 N–H and O–H groups in total. The predicted molar refractivity (Wildman–Crippen MR) is 82.0 cm³/mol. The number of aryl methyl sites for hydroxylation is 1. The molecule has 0 spiro atoms. The molecule has 1 aromatic carbocycles. The van der Waals surface area contributed by atoms with Crippen molar-refractivity contribution >= 4 is 23.5 Å². The van der Waals surface area contributed by atoms with Gasteiger partial charge in [-0.3, -0.25) is 4.79 Å². The third-order valence-electron chi connectivity index (χ3n) is 3.35. The second-order valence-electron chi connectivity index (χ2n) is 5.08. The highest BCUT2D eigenvalue weighted by atomic mass is 35.5. The van der Waals surface area contributed by atoms with Crippen molar-refractivity contribution in [3.8, 4) is 0 Å². The van der Waals surface area contributed by atoms with Gasteiger partial charge in [0.05, 0.1) is 24.2 Å². The summed E-state index contributed by atoms with van der Waals surface area (Å²) in [4.78, 5) is 25.1. The van der Waals surface area contributed by atoms with Crippen LogP contribution in [0.1, 0.15) is 32.2 Å². The number of ether oxygens (including phenoxy) is 1. The Hall–Kier alpha value is -2.41. The number of furan rings is 1. The van der Waals surface area contributed by atoms with E-state index in [2.05, 4.69) is 4.74 Å². The molecule has 0 saturated heterocycles. The van der Waals surface area contributed by atoms with Crippen molar-refractivity contribution in [1.82, 2.24) is 4.90 Å². The summed E-state index contributed by atoms with van der Waals surface area (Å²) in [6, 6.07) is 2.94. The third-order valence-corrected chi connectivity index (χ3v) is 3.67. The van der Waals surface area contributed by atoms with E-state index in [-0.39, 0.29) is 22.7 Å². The number of rotatable bonds is 4. The van der Waals surface area contributed by atoms with Crippen LogP contribution in [0.5, 0.6) is 0 Å². The highest BCUT2D eigenvalue weighted by Crippen LogP contribution is 2.23. The van der Waals surface area contributed by atoms with E-state index in [0.717, 1.165) is 12.1 Å². The Morgan fingerprint density at radius 2 is 1.83 bits per heavy atom. The Morgan fingerprint density at radius 3 is 2.46 bits per heavy atom. The van der Waals surface area contributed by atoms with Crippen molar-refractivity contribution < 1.29 is 27.5 Å². The molecule has 128 valence electrons. The number of hydrogen-bond acceptors (Lipinski definition) is 4. The fourth-order valence-corrected chi connectivity index (χ4v) is 2.36. The summed E-state index contributed by atoms with van der Waals surface area (Å²) < 4.78 is 36.4. The normalized spacial score (nSPS) is 10.6. The van der Waals surface area contributed by atoms with Crippen molar-refractivity contribution in [2.24, 2.45) is 0 Å². The lowest BCUT2D eigenvalue weighted by molar-refractivity contribution is 0.0598. The molecule has 2 aromatic rings. The quantitative estimate of drug-likeness (QED) is 0.620. The van der Waals surface area contributed by atoms with E-state index < -0.39 is 23.5 Å². The Kier molecular flexibility index (Phi) is 5.23. The number of esters is 1. The van der Waals surface area contributed by atoms with Gasteiger partial charge in [-0.05, 0) is 25.1 Å². The van der Waals surface area contributed by atoms with Crippen molar-refractivity contribution in [3.05, 3.63) is 57.5 Å². The van der Waals surface area contributed by atoms with E-state index in [1.807, 2.05) is 0 Å². The van der Waals surface area contributed by atoms with E-state index in [0.29, 0.717) is 11.5 Å². The van der Waals surface area contributed by atoms with Crippen LogP contribution in [-0.2, 0) is 11.3 Å². The summed E-state index contributed by atoms with van der Waals surface area (Å²) >= 11 is 5.79. The Labute approximate surface area is 141 Å². The highest BCUT2D eigenvalue weighted by molar-refractivity contribution is 6.33. The molecule has 0 aliphatic rings. The predicted octanol–water partition coefficient (Wildman–Crippen LogP) is 3.58. The average molecular weight is 358 g/mol. The fraction of sp³-hybridized carbons (Fsp3) is 0.250. The molecule has 0 radical (unpaired) electrons. The van der Waals surface area contributed by atoms with Gasteiger partial charge < -0.3 is 14.1 Å². The van der Waals surface area contributed by atoms with Crippen LogP contribution in [-0.4, -0.2) is 30.9 Å². The van der Waals surface area contributed by atoms with Crippen molar-refractivity contribution in [1.29, 1.82) is 0 Å². The van der Waals surface area contributed by atoms with Crippen LogP contribution in [0.25, 0.3) is 0 Å². The summed E-state index contributed by atoms with van der Waals surface area (Å²) in [5.41, 5.74) is 0.0775. The number of carbonyl (C=O) groups excluding carboxylic acids is 2. The lowest BCUT2D eigenvalue weighted by atomic mass is 10.2. The molecule has 1 amide bonds. The van der Waals surface area contributed by atoms with E-state index in [1.165, 1.54) is 25.1 Å². The number of halogens is 3. The summed E-state index contributed by atoms with van der Waals surface area (Å²) in [6.07, 6.45) is 0. The third kappa shape index (κ3) is 3.56. The summed E-state index contributed by atoms with van der Waals surface area (Å²) in [6.45, 7) is 1.59. The average Bonchev–Trinajstić information content (AvgIpc) is 2.89. The molecular weight excluding hydrogens is 344 g/mol. The molecule has 0 aliphatic heterocycles. The van der Waals surface area contributed by atoms with Crippen LogP contribution in [0.2, 0.25) is 5.02 Å². The first kappa shape index (κ1) is 17.9. The van der Waals surface area contributed by atoms with Crippen molar-refractivity contribution in [3.63, 3.8) is 0 Å². The fourth-order valence-electron chi connectivity index (χ4n) is 2.13. The second kappa shape index (κ2) is 7.00. The van der Waals surface area contributed by atoms with Gasteiger partial charge in [-0.1, -0.05) is 11.6 Å². The molecule has 0 fully saturated rings. The van der Waals surface area contributed by atoms with Gasteiger partial charge in [0.25, 0.3) is 5.91 Å². The molecule has 1 heterocycles. The van der Waals surface area contributed by atoms with E-state index in [1.54, 1.807) is 6.92 Å². The monoisotopic (exact) mass is 357 g/mol. The first-order valence-electron chi connectivity index (χ1n) is 6.82. The number of hydrogen-bond donors (Lipinski definition) is 0. The number of carbonyl (C=O) groups is 2. The van der Waals surface area contributed by atoms with Gasteiger partial charge >= 0.3 is 5.97 Å². The minimum absolute atomic E-state index is 0.00594. The molecule has 0 bridgehead atoms. The van der Waals surface area contributed by atoms with Gasteiger partial charge in [-0.2, -0.15) is 0 Å². The molecule has 0 aliphatic carbocycles. The van der Waals surface area contributed by atoms with Crippen LogP contribution < -0.4 is 0 Å². The number of methoxy groups -OCH3 is 1. The second-order valence-corrected chi connectivity index (χ2v) is 5.49. The summed E-state index contributed by atoms with van der Waals surface area (Å²) in [5.74, 6) is -2.79. The highest BCUT2D eigenvalue weighted by Gasteiger charge is 2.21. The molecule has 1 aromatic heterocycles. The van der Waals surface area contributed by atoms with Crippen molar-refractivity contribution in [2.45, 2.75) is 13.5 Å². The van der Waals surface area contributed by atoms with Gasteiger partial charge in [0.2, 0.25) is 0 Å². The first-order chi connectivity index (χ1) is 11.2. The maximum atomic E-state index is 13.3. The molecule has 2 rings (SSSR count). The zero-order valence-corrected chi connectivity index (χ0v) is 13.9. The zero-order valence-electron chi connectivity index (χ0n) is 13.2. The van der Waals surface area contributed by atoms with Gasteiger partial charge in [0.1, 0.15) is 17.1 Å². The van der Waals surface area contributed by atoms with Gasteiger partial charge in [0, 0.05) is 7.05 Å². The molecule has 0 saturated carbocycles. The zero-order chi connectivity index (χ0) is 18.0. The minimum Gasteiger partial charge on any atom is -0.465 e. The largest absolute Gasteiger partial charge is 0.465 e. The van der Waals surface area contributed by atoms with Gasteiger partial charge in [-0.15, -0.1) is 0 Å². The van der Waals surface area contributed by atoms with E-state index in [4.69, 9.17) is 16.0 Å². The molecule has 0 unspecified atom stereocenters. The SMILES string of the molecule is COC(=O)c1cc(CN(C)C(=O)c2cc(F)c(F)cc2Cl)oc1C. The summed E-state index contributed by atoms with van der Waals surface area (Å²) in [7, 11) is 2.69. The number of amides is 1. The van der Waals surface area contributed by atoms with Crippen LogP contribution in [0.3, 0.4) is 0 Å². The van der Waals surface area contributed by atoms with Crippen LogP contribution >= 0.6 is 11.6 Å². The van der Waals surface area contributed by atoms with Gasteiger partial charge in [0.15, 0.2) is 11.6 Å². The Morgan fingerprint density at radius 1 is 1.21 bits per heavy atom. The lowest BCUT2D eigenvalue weighted by Crippen LogP contribution is -2.26. The molecule has 24 heavy (non-hydrogen) atoms. The maximum Gasteiger partial charge on any atom is 0.341 e. The van der Waals surface area contributed by atoms with Crippen molar-refractivity contribution in [2.75, 3.05) is 14.2 Å². The summed E-state index contributed by atoms with van der Waals surface area (Å²) in [5, 5.41) is -0.198. The topological polar surface area (TPSA) is 59.8 Å². The Balaban J connectivity index is 2.21. The van der Waals surface area contributed by atoms with Gasteiger partial charge in [-0.25, -0.2) is 13.6 Å².